The van der Waals surface area contributed by atoms with Crippen molar-refractivity contribution in [3.63, 3.8) is 0 Å². The monoisotopic (exact) mass is 321 g/mol. The van der Waals surface area contributed by atoms with Crippen molar-refractivity contribution < 1.29 is 19.4 Å². The molecule has 1 aromatic carbocycles. The number of nitrogens with one attached hydrogen (secondary N) is 1. The molecule has 1 aliphatic heterocycles. The van der Waals surface area contributed by atoms with Gasteiger partial charge in [0.15, 0.2) is 16.6 Å². The summed E-state index contributed by atoms with van der Waals surface area (Å²) in [4.78, 5) is 16.9. The smallest absolute Gasteiger partial charge is 0.226 e. The Morgan fingerprint density at radius 1 is 1.36 bits per heavy atom. The summed E-state index contributed by atoms with van der Waals surface area (Å²) < 4.78 is 10.3. The molecule has 1 aliphatic rings. The van der Waals surface area contributed by atoms with Gasteiger partial charge in [0.2, 0.25) is 11.7 Å². The summed E-state index contributed by atoms with van der Waals surface area (Å²) in [6, 6.07) is 3.39. The zero-order chi connectivity index (χ0) is 15.9. The molecular weight excluding hydrogens is 306 g/mol. The Kier molecular flexibility index (Phi) is 3.53. The van der Waals surface area contributed by atoms with Crippen LogP contribution in [-0.2, 0) is 4.79 Å². The molecule has 1 amide bonds. The number of amides is 1. The number of rotatable bonds is 3. The fraction of sp³-hybridized carbons (Fsp3) is 0.286. The van der Waals surface area contributed by atoms with Crippen LogP contribution in [0.1, 0.15) is 22.8 Å². The summed E-state index contributed by atoms with van der Waals surface area (Å²) in [5, 5.41) is 13.1. The maximum absolute atomic E-state index is 11.9. The van der Waals surface area contributed by atoms with E-state index < -0.39 is 0 Å². The predicted octanol–water partition coefficient (Wildman–Crippen LogP) is 1.92. The molecule has 0 unspecified atom stereocenters. The van der Waals surface area contributed by atoms with E-state index in [1.807, 2.05) is 0 Å². The van der Waals surface area contributed by atoms with Crippen LogP contribution in [0.3, 0.4) is 0 Å². The van der Waals surface area contributed by atoms with Gasteiger partial charge in [0, 0.05) is 12.3 Å². The molecule has 0 bridgehead atoms. The maximum atomic E-state index is 11.9. The lowest BCUT2D eigenvalue weighted by atomic mass is 9.91. The molecule has 4 N–H and O–H groups in total. The van der Waals surface area contributed by atoms with Gasteiger partial charge < -0.3 is 25.6 Å². The van der Waals surface area contributed by atoms with Gasteiger partial charge in [0.05, 0.1) is 19.1 Å². The van der Waals surface area contributed by atoms with Crippen LogP contribution >= 0.6 is 11.3 Å². The van der Waals surface area contributed by atoms with Gasteiger partial charge in [-0.3, -0.25) is 4.79 Å². The average molecular weight is 321 g/mol. The highest BCUT2D eigenvalue weighted by Gasteiger charge is 2.31. The van der Waals surface area contributed by atoms with Crippen molar-refractivity contribution >= 4 is 28.2 Å². The third-order valence-electron chi connectivity index (χ3n) is 3.54. The van der Waals surface area contributed by atoms with Crippen LogP contribution in [0.5, 0.6) is 17.2 Å². The standard InChI is InChI=1S/C14H15N3O4S/c1-20-8-3-6(4-9(21-2)11(8)19)7-5-10(18)16-13-12(7)22-14(15)17-13/h3-4,7,19H,5H2,1-2H3,(H2,15,17)(H,16,18)/t7-/m0/s1. The van der Waals surface area contributed by atoms with Crippen molar-refractivity contribution in [1.29, 1.82) is 0 Å². The Morgan fingerprint density at radius 2 is 2.00 bits per heavy atom. The normalized spacial score (nSPS) is 16.8. The van der Waals surface area contributed by atoms with E-state index >= 15 is 0 Å². The molecule has 0 fully saturated rings. The first-order chi connectivity index (χ1) is 10.5. The zero-order valence-corrected chi connectivity index (χ0v) is 12.9. The number of phenols is 1. The molecule has 2 aromatic rings. The first kappa shape index (κ1) is 14.5. The number of hydrogen-bond donors (Lipinski definition) is 3. The number of nitrogens with two attached hydrogens (primary N) is 1. The second kappa shape index (κ2) is 5.38. The summed E-state index contributed by atoms with van der Waals surface area (Å²) in [5.74, 6) is 0.669. The lowest BCUT2D eigenvalue weighted by Crippen LogP contribution is -2.22. The fourth-order valence-electron chi connectivity index (χ4n) is 2.52. The zero-order valence-electron chi connectivity index (χ0n) is 12.0. The molecule has 0 spiro atoms. The van der Waals surface area contributed by atoms with Crippen LogP contribution in [0.4, 0.5) is 10.9 Å². The quantitative estimate of drug-likeness (QED) is 0.797. The van der Waals surface area contributed by atoms with Crippen LogP contribution in [0.15, 0.2) is 12.1 Å². The number of carbonyl (C=O) groups is 1. The van der Waals surface area contributed by atoms with E-state index in [9.17, 15) is 9.90 Å². The number of anilines is 2. The number of ether oxygens (including phenoxy) is 2. The van der Waals surface area contributed by atoms with Gasteiger partial charge in [-0.25, -0.2) is 4.98 Å². The minimum absolute atomic E-state index is 0.0712. The van der Waals surface area contributed by atoms with E-state index in [4.69, 9.17) is 15.2 Å². The number of phenolic OH excluding ortho intramolecular Hbond substituents is 1. The minimum Gasteiger partial charge on any atom is -0.502 e. The first-order valence-electron chi connectivity index (χ1n) is 6.54. The number of aromatic hydroxyl groups is 1. The van der Waals surface area contributed by atoms with Gasteiger partial charge in [0.1, 0.15) is 5.82 Å². The molecule has 8 heteroatoms. The molecule has 116 valence electrons. The predicted molar refractivity (Wildman–Crippen MR) is 82.8 cm³/mol. The van der Waals surface area contributed by atoms with E-state index in [-0.39, 0.29) is 24.0 Å². The SMILES string of the molecule is COc1cc([C@@H]2CC(=O)Nc3nc(N)sc32)cc(OC)c1O. The number of carbonyl (C=O) groups excluding carboxylic acids is 1. The van der Waals surface area contributed by atoms with Crippen LogP contribution in [-0.4, -0.2) is 30.2 Å². The van der Waals surface area contributed by atoms with Crippen LogP contribution in [0.25, 0.3) is 0 Å². The van der Waals surface area contributed by atoms with Crippen LogP contribution < -0.4 is 20.5 Å². The molecule has 0 radical (unpaired) electrons. The molecule has 22 heavy (non-hydrogen) atoms. The van der Waals surface area contributed by atoms with Crippen molar-refractivity contribution in [2.24, 2.45) is 0 Å². The second-order valence-electron chi connectivity index (χ2n) is 4.84. The van der Waals surface area contributed by atoms with E-state index in [1.165, 1.54) is 25.6 Å². The topological polar surface area (TPSA) is 107 Å². The Labute approximate surface area is 130 Å². The molecule has 1 atom stereocenters. The molecule has 0 aliphatic carbocycles. The highest BCUT2D eigenvalue weighted by Crippen LogP contribution is 2.46. The van der Waals surface area contributed by atoms with Crippen molar-refractivity contribution in [2.45, 2.75) is 12.3 Å². The number of methoxy groups -OCH3 is 2. The second-order valence-corrected chi connectivity index (χ2v) is 5.91. The van der Waals surface area contributed by atoms with Gasteiger partial charge in [0.25, 0.3) is 0 Å². The maximum Gasteiger partial charge on any atom is 0.226 e. The molecule has 1 aromatic heterocycles. The molecule has 0 saturated heterocycles. The number of fused-ring (bicyclic) bond motifs is 1. The van der Waals surface area contributed by atoms with Gasteiger partial charge in [-0.1, -0.05) is 11.3 Å². The summed E-state index contributed by atoms with van der Waals surface area (Å²) in [7, 11) is 2.92. The van der Waals surface area contributed by atoms with Crippen molar-refractivity contribution in [3.05, 3.63) is 22.6 Å². The summed E-state index contributed by atoms with van der Waals surface area (Å²) in [5.41, 5.74) is 6.54. The Morgan fingerprint density at radius 3 is 2.59 bits per heavy atom. The number of aromatic nitrogens is 1. The third kappa shape index (κ3) is 2.31. The van der Waals surface area contributed by atoms with Crippen molar-refractivity contribution in [2.75, 3.05) is 25.3 Å². The van der Waals surface area contributed by atoms with Crippen LogP contribution in [0.2, 0.25) is 0 Å². The lowest BCUT2D eigenvalue weighted by Gasteiger charge is -2.22. The summed E-state index contributed by atoms with van der Waals surface area (Å²) in [6.07, 6.45) is 0.270. The Hall–Kier alpha value is -2.48. The van der Waals surface area contributed by atoms with E-state index in [0.717, 1.165) is 10.4 Å². The highest BCUT2D eigenvalue weighted by atomic mass is 32.1. The molecule has 0 saturated carbocycles. The minimum atomic E-state index is -0.207. The number of hydrogen-bond acceptors (Lipinski definition) is 7. The number of thiazole rings is 1. The van der Waals surface area contributed by atoms with Gasteiger partial charge in [-0.2, -0.15) is 0 Å². The Balaban J connectivity index is 2.13. The summed E-state index contributed by atoms with van der Waals surface area (Å²) >= 11 is 1.33. The van der Waals surface area contributed by atoms with E-state index in [2.05, 4.69) is 10.3 Å². The average Bonchev–Trinajstić information content (AvgIpc) is 2.86. The van der Waals surface area contributed by atoms with Gasteiger partial charge >= 0.3 is 0 Å². The molecular formula is C14H15N3O4S. The van der Waals surface area contributed by atoms with Gasteiger partial charge in [-0.15, -0.1) is 0 Å². The summed E-state index contributed by atoms with van der Waals surface area (Å²) in [6.45, 7) is 0. The van der Waals surface area contributed by atoms with Crippen molar-refractivity contribution in [3.8, 4) is 17.2 Å². The largest absolute Gasteiger partial charge is 0.502 e. The van der Waals surface area contributed by atoms with Crippen LogP contribution in [0, 0.1) is 0 Å². The number of nitrogens with zero attached hydrogens (tertiary/aromatic N) is 1. The fourth-order valence-corrected chi connectivity index (χ4v) is 3.44. The number of nitrogen functional groups attached to an aromatic ring is 1. The highest BCUT2D eigenvalue weighted by molar-refractivity contribution is 7.16. The molecule has 7 nitrogen and oxygen atoms in total. The van der Waals surface area contributed by atoms with E-state index in [1.54, 1.807) is 12.1 Å². The molecule has 2 heterocycles. The molecule has 3 rings (SSSR count). The number of benzene rings is 1. The first-order valence-corrected chi connectivity index (χ1v) is 7.36. The van der Waals surface area contributed by atoms with E-state index in [0.29, 0.717) is 22.4 Å². The lowest BCUT2D eigenvalue weighted by molar-refractivity contribution is -0.116. The Bertz CT molecular complexity index is 719. The third-order valence-corrected chi connectivity index (χ3v) is 4.54. The van der Waals surface area contributed by atoms with Crippen molar-refractivity contribution in [1.82, 2.24) is 4.98 Å². The van der Waals surface area contributed by atoms with Gasteiger partial charge in [-0.05, 0) is 17.7 Å².